The molecule has 0 aromatic carbocycles. The smallest absolute Gasteiger partial charge is 0.340 e. The molecule has 2 aromatic rings. The summed E-state index contributed by atoms with van der Waals surface area (Å²) in [6, 6.07) is 3.38. The molecule has 254 valence electrons. The number of carbonyl (C=O) groups is 4. The van der Waals surface area contributed by atoms with Crippen LogP contribution >= 0.6 is 0 Å². The highest BCUT2D eigenvalue weighted by molar-refractivity contribution is 6.00. The minimum Gasteiger partial charge on any atom is -0.357 e. The molecule has 4 atom stereocenters. The van der Waals surface area contributed by atoms with Crippen molar-refractivity contribution < 1.29 is 28.0 Å². The third-order valence-electron chi connectivity index (χ3n) is 11.3. The van der Waals surface area contributed by atoms with Crippen molar-refractivity contribution in [1.29, 1.82) is 0 Å². The molecule has 0 spiro atoms. The van der Waals surface area contributed by atoms with Crippen LogP contribution in [0.25, 0.3) is 0 Å². The van der Waals surface area contributed by atoms with E-state index in [1.54, 1.807) is 36.3 Å². The summed E-state index contributed by atoms with van der Waals surface area (Å²) in [5.41, 5.74) is 3.79. The third-order valence-corrected chi connectivity index (χ3v) is 11.3. The number of anilines is 2. The second-order valence-corrected chi connectivity index (χ2v) is 14.4. The molecule has 8 rings (SSSR count). The van der Waals surface area contributed by atoms with Crippen molar-refractivity contribution in [2.24, 2.45) is 29.1 Å². The van der Waals surface area contributed by atoms with E-state index in [9.17, 15) is 28.0 Å². The Bertz CT molecular complexity index is 1680. The normalized spacial score (nSPS) is 29.9. The van der Waals surface area contributed by atoms with E-state index in [2.05, 4.69) is 31.0 Å². The number of urea groups is 1. The molecule has 13 nitrogen and oxygen atoms in total. The van der Waals surface area contributed by atoms with Crippen LogP contribution in [0.5, 0.6) is 0 Å². The number of amides is 5. The van der Waals surface area contributed by atoms with Crippen LogP contribution < -0.4 is 21.0 Å². The van der Waals surface area contributed by atoms with E-state index in [-0.39, 0.29) is 41.4 Å². The van der Waals surface area contributed by atoms with Gasteiger partial charge in [0.2, 0.25) is 17.7 Å². The monoisotopic (exact) mass is 663 g/mol. The van der Waals surface area contributed by atoms with E-state index < -0.39 is 23.3 Å². The molecule has 6 aliphatic rings. The van der Waals surface area contributed by atoms with E-state index in [0.29, 0.717) is 56.8 Å². The van der Waals surface area contributed by atoms with Crippen molar-refractivity contribution in [2.75, 3.05) is 42.9 Å². The van der Waals surface area contributed by atoms with Gasteiger partial charge in [-0.25, -0.2) is 29.0 Å². The molecule has 2 unspecified atom stereocenters. The average molecular weight is 664 g/mol. The Morgan fingerprint density at radius 2 is 1.90 bits per heavy atom. The van der Waals surface area contributed by atoms with Gasteiger partial charge in [-0.1, -0.05) is 12.1 Å². The summed E-state index contributed by atoms with van der Waals surface area (Å²) in [7, 11) is 0. The molecule has 15 heteroatoms. The lowest BCUT2D eigenvalue weighted by atomic mass is 9.87. The van der Waals surface area contributed by atoms with Crippen LogP contribution in [0.1, 0.15) is 50.5 Å². The summed E-state index contributed by atoms with van der Waals surface area (Å²) >= 11 is 0. The highest BCUT2D eigenvalue weighted by Crippen LogP contribution is 2.71. The Labute approximate surface area is 276 Å². The Morgan fingerprint density at radius 1 is 1.10 bits per heavy atom. The second-order valence-electron chi connectivity index (χ2n) is 14.4. The van der Waals surface area contributed by atoms with Gasteiger partial charge in [0.1, 0.15) is 5.82 Å². The molecular weight excluding hydrogens is 624 g/mol. The zero-order chi connectivity index (χ0) is 33.4. The van der Waals surface area contributed by atoms with Gasteiger partial charge in [0.15, 0.2) is 0 Å². The maximum Gasteiger partial charge on any atom is 0.340 e. The molecule has 48 heavy (non-hydrogen) atoms. The number of likely N-dealkylation sites (tertiary alicyclic amines) is 1. The molecule has 0 bridgehead atoms. The lowest BCUT2D eigenvalue weighted by Crippen LogP contribution is -2.54. The summed E-state index contributed by atoms with van der Waals surface area (Å²) in [4.78, 5) is 58.5. The predicted molar refractivity (Wildman–Crippen MR) is 168 cm³/mol. The lowest BCUT2D eigenvalue weighted by Gasteiger charge is -2.42. The number of pyridine rings is 1. The number of carbonyl (C=O) groups excluding carboxylic acids is 4. The Hall–Kier alpha value is -4.40. The number of allylic oxidation sites excluding steroid dienone is 1. The van der Waals surface area contributed by atoms with Crippen molar-refractivity contribution in [3.05, 3.63) is 48.1 Å². The highest BCUT2D eigenvalue weighted by Gasteiger charge is 2.78. The van der Waals surface area contributed by atoms with Gasteiger partial charge in [-0.3, -0.25) is 24.4 Å². The van der Waals surface area contributed by atoms with Crippen LogP contribution in [0.4, 0.5) is 25.1 Å². The van der Waals surface area contributed by atoms with Gasteiger partial charge in [-0.2, -0.15) is 5.10 Å². The summed E-state index contributed by atoms with van der Waals surface area (Å²) < 4.78 is 30.3. The van der Waals surface area contributed by atoms with Crippen molar-refractivity contribution in [1.82, 2.24) is 35.4 Å². The van der Waals surface area contributed by atoms with E-state index in [0.717, 1.165) is 37.3 Å². The number of hydrazine groups is 1. The number of piperidine rings is 2. The summed E-state index contributed by atoms with van der Waals surface area (Å²) in [6.07, 6.45) is 9.27. The third kappa shape index (κ3) is 5.22. The largest absolute Gasteiger partial charge is 0.357 e. The molecule has 5 amide bonds. The summed E-state index contributed by atoms with van der Waals surface area (Å²) in [6.45, 7) is 5.38. The fourth-order valence-corrected chi connectivity index (χ4v) is 8.23. The molecule has 1 saturated carbocycles. The molecule has 2 aliphatic carbocycles. The van der Waals surface area contributed by atoms with Gasteiger partial charge in [0, 0.05) is 87.5 Å². The molecule has 4 aliphatic heterocycles. The number of aromatic nitrogens is 3. The van der Waals surface area contributed by atoms with Gasteiger partial charge in [0.05, 0.1) is 23.2 Å². The average Bonchev–Trinajstić information content (AvgIpc) is 3.46. The molecule has 5 fully saturated rings. The summed E-state index contributed by atoms with van der Waals surface area (Å²) in [5.74, 6) is -3.14. The number of nitrogens with zero attached hydrogens (tertiary/aromatic N) is 6. The standard InChI is InChI=1S/C33H39F2N9O4/c1-32-11-25-22(10-26(32)33(32,34)35)13-38-44(25)31(48)39-23-14-37-43(18-23)17-19-15-42(16-19)30(47)20-6-8-41(9-7-20)27-4-2-21(12-36-27)24-3-5-28(45)40-29(24)46/h2,4,11-12,14,18-20,22,24,26,38H,3,5-10,13,15-17H2,1H3,(H,39,48)(H,40,45,46)/t22?,24?,26-,32+/m0/s1. The first-order valence-electron chi connectivity index (χ1n) is 16.8. The van der Waals surface area contributed by atoms with Crippen molar-refractivity contribution in [3.8, 4) is 0 Å². The first-order chi connectivity index (χ1) is 23.0. The van der Waals surface area contributed by atoms with Crippen molar-refractivity contribution in [3.63, 3.8) is 0 Å². The number of fused-ring (bicyclic) bond motifs is 2. The number of alkyl halides is 2. The van der Waals surface area contributed by atoms with E-state index in [1.165, 1.54) is 5.01 Å². The Balaban J connectivity index is 0.778. The van der Waals surface area contributed by atoms with Crippen LogP contribution in [-0.4, -0.2) is 87.1 Å². The van der Waals surface area contributed by atoms with Gasteiger partial charge in [-0.15, -0.1) is 0 Å². The molecule has 6 heterocycles. The lowest BCUT2D eigenvalue weighted by molar-refractivity contribution is -0.143. The zero-order valence-corrected chi connectivity index (χ0v) is 26.7. The maximum atomic E-state index is 14.3. The Kier molecular flexibility index (Phi) is 7.31. The molecule has 3 N–H and O–H groups in total. The number of hydrogen-bond acceptors (Lipinski definition) is 8. The minimum absolute atomic E-state index is 0.0332. The van der Waals surface area contributed by atoms with Gasteiger partial charge in [-0.05, 0) is 44.2 Å². The summed E-state index contributed by atoms with van der Waals surface area (Å²) in [5, 5.41) is 11.0. The number of rotatable bonds is 6. The zero-order valence-electron chi connectivity index (χ0n) is 26.7. The first kappa shape index (κ1) is 30.9. The van der Waals surface area contributed by atoms with Crippen LogP contribution in [0.2, 0.25) is 0 Å². The predicted octanol–water partition coefficient (Wildman–Crippen LogP) is 2.70. The topological polar surface area (TPSA) is 145 Å². The van der Waals surface area contributed by atoms with Crippen molar-refractivity contribution in [2.45, 2.75) is 57.4 Å². The van der Waals surface area contributed by atoms with E-state index in [4.69, 9.17) is 0 Å². The second kappa shape index (κ2) is 11.3. The van der Waals surface area contributed by atoms with E-state index in [1.807, 2.05) is 17.0 Å². The molecule has 0 radical (unpaired) electrons. The molecule has 4 saturated heterocycles. The maximum absolute atomic E-state index is 14.3. The number of halogens is 2. The van der Waals surface area contributed by atoms with Gasteiger partial charge in [0.25, 0.3) is 5.92 Å². The SMILES string of the molecule is C[C@@]12C=C3C(CNN3C(=O)Nc3cnn(CC4CN(C(=O)C5CCN(c6ccc(C7CCC(=O)NC7=O)cn6)CC5)C4)c3)C[C@@H]1C2(F)F. The van der Waals surface area contributed by atoms with Crippen molar-refractivity contribution >= 4 is 35.3 Å². The van der Waals surface area contributed by atoms with Crippen LogP contribution in [0.3, 0.4) is 0 Å². The Morgan fingerprint density at radius 3 is 2.62 bits per heavy atom. The molecular formula is C33H39F2N9O4. The van der Waals surface area contributed by atoms with Gasteiger partial charge >= 0.3 is 6.03 Å². The molecule has 2 aromatic heterocycles. The fourth-order valence-electron chi connectivity index (χ4n) is 8.23. The first-order valence-corrected chi connectivity index (χ1v) is 16.8. The highest BCUT2D eigenvalue weighted by atomic mass is 19.3. The number of imide groups is 1. The van der Waals surface area contributed by atoms with Crippen LogP contribution in [0.15, 0.2) is 42.5 Å². The minimum atomic E-state index is -2.72. The number of hydrogen-bond donors (Lipinski definition) is 3. The number of nitrogens with one attached hydrogen (secondary N) is 3. The van der Waals surface area contributed by atoms with Crippen LogP contribution in [0, 0.1) is 29.1 Å². The van der Waals surface area contributed by atoms with Crippen LogP contribution in [-0.2, 0) is 20.9 Å². The van der Waals surface area contributed by atoms with E-state index >= 15 is 0 Å². The fraction of sp³-hybridized carbons (Fsp3) is 0.576. The quantitative estimate of drug-likeness (QED) is 0.401. The van der Waals surface area contributed by atoms with Gasteiger partial charge < -0.3 is 15.1 Å².